The summed E-state index contributed by atoms with van der Waals surface area (Å²) in [7, 11) is 0. The quantitative estimate of drug-likeness (QED) is 0.319. The topological polar surface area (TPSA) is 34.4 Å². The minimum absolute atomic E-state index is 0.0973. The van der Waals surface area contributed by atoms with Gasteiger partial charge in [-0.1, -0.05) is 104 Å². The van der Waals surface area contributed by atoms with Gasteiger partial charge in [0.05, 0.1) is 6.54 Å². The van der Waals surface area contributed by atoms with Crippen molar-refractivity contribution in [2.24, 2.45) is 4.99 Å². The van der Waals surface area contributed by atoms with Crippen molar-refractivity contribution in [3.05, 3.63) is 137 Å². The van der Waals surface area contributed by atoms with Gasteiger partial charge in [0.2, 0.25) is 0 Å². The summed E-state index contributed by atoms with van der Waals surface area (Å²) in [6.45, 7) is 4.66. The molecule has 1 aliphatic heterocycles. The summed E-state index contributed by atoms with van der Waals surface area (Å²) >= 11 is 0. The maximum atomic E-state index is 13.8. The fourth-order valence-electron chi connectivity index (χ4n) is 4.80. The molecule has 0 fully saturated rings. The van der Waals surface area contributed by atoms with E-state index in [9.17, 15) is 4.79 Å². The molecule has 0 saturated carbocycles. The zero-order chi connectivity index (χ0) is 23.1. The van der Waals surface area contributed by atoms with Gasteiger partial charge in [-0.3, -0.25) is 14.4 Å². The molecule has 0 saturated heterocycles. The van der Waals surface area contributed by atoms with E-state index in [-0.39, 0.29) is 5.56 Å². The summed E-state index contributed by atoms with van der Waals surface area (Å²) < 4.78 is 1.65. The SMILES string of the molecule is C=C1/C=C\C=C(\c2ccccc2)C/N=c2/c3cccc4c(-c5ccccc5)ccc(c(=O)n21)c43. The van der Waals surface area contributed by atoms with Gasteiger partial charge >= 0.3 is 0 Å². The molecule has 2 heterocycles. The first-order valence-electron chi connectivity index (χ1n) is 11.3. The maximum Gasteiger partial charge on any atom is 0.264 e. The second-order valence-electron chi connectivity index (χ2n) is 8.44. The molecule has 0 radical (unpaired) electrons. The number of benzene rings is 4. The highest BCUT2D eigenvalue weighted by Gasteiger charge is 2.17. The van der Waals surface area contributed by atoms with Crippen LogP contribution >= 0.6 is 0 Å². The van der Waals surface area contributed by atoms with E-state index in [0.717, 1.165) is 38.4 Å². The summed E-state index contributed by atoms with van der Waals surface area (Å²) in [5, 5.41) is 3.63. The van der Waals surface area contributed by atoms with E-state index in [1.807, 2.05) is 66.7 Å². The van der Waals surface area contributed by atoms with E-state index < -0.39 is 0 Å². The number of allylic oxidation sites excluding steroid dienone is 4. The average Bonchev–Trinajstić information content (AvgIpc) is 2.97. The Bertz CT molecular complexity index is 1740. The molecule has 162 valence electrons. The first-order valence-corrected chi connectivity index (χ1v) is 11.3. The lowest BCUT2D eigenvalue weighted by Crippen LogP contribution is -2.33. The van der Waals surface area contributed by atoms with Gasteiger partial charge in [0.25, 0.3) is 5.56 Å². The normalized spacial score (nSPS) is 17.1. The Hall–Kier alpha value is -4.50. The lowest BCUT2D eigenvalue weighted by atomic mass is 9.94. The fraction of sp³-hybridized carbons (Fsp3) is 0.0323. The third kappa shape index (κ3) is 3.22. The molecule has 0 spiro atoms. The van der Waals surface area contributed by atoms with Crippen molar-refractivity contribution in [2.75, 3.05) is 6.54 Å². The predicted octanol–water partition coefficient (Wildman–Crippen LogP) is 6.28. The van der Waals surface area contributed by atoms with Crippen LogP contribution in [0.15, 0.2) is 126 Å². The first kappa shape index (κ1) is 20.1. The molecule has 0 N–H and O–H groups in total. The molecule has 0 atom stereocenters. The molecule has 0 bridgehead atoms. The molecule has 5 aromatic rings. The van der Waals surface area contributed by atoms with Crippen LogP contribution in [-0.4, -0.2) is 11.1 Å². The molecular weight excluding hydrogens is 416 g/mol. The van der Waals surface area contributed by atoms with Crippen molar-refractivity contribution in [2.45, 2.75) is 0 Å². The lowest BCUT2D eigenvalue weighted by molar-refractivity contribution is 0.943. The van der Waals surface area contributed by atoms with Gasteiger partial charge in [-0.05, 0) is 39.8 Å². The van der Waals surface area contributed by atoms with Crippen molar-refractivity contribution in [1.82, 2.24) is 4.57 Å². The Kier molecular flexibility index (Phi) is 4.81. The average molecular weight is 439 g/mol. The molecule has 1 aromatic heterocycles. The second kappa shape index (κ2) is 8.13. The number of rotatable bonds is 2. The summed E-state index contributed by atoms with van der Waals surface area (Å²) in [6, 6.07) is 30.7. The Labute approximate surface area is 197 Å². The molecule has 0 aliphatic carbocycles. The molecular formula is C31H22N2O. The van der Waals surface area contributed by atoms with Gasteiger partial charge in [-0.2, -0.15) is 0 Å². The Balaban J connectivity index is 1.68. The van der Waals surface area contributed by atoms with Crippen LogP contribution in [0.1, 0.15) is 5.56 Å². The highest BCUT2D eigenvalue weighted by Crippen LogP contribution is 2.32. The van der Waals surface area contributed by atoms with Crippen LogP contribution in [0.2, 0.25) is 0 Å². The van der Waals surface area contributed by atoms with E-state index in [0.29, 0.717) is 23.1 Å². The monoisotopic (exact) mass is 438 g/mol. The molecule has 0 unspecified atom stereocenters. The van der Waals surface area contributed by atoms with Crippen LogP contribution in [0, 0.1) is 0 Å². The lowest BCUT2D eigenvalue weighted by Gasteiger charge is -2.15. The van der Waals surface area contributed by atoms with Crippen molar-refractivity contribution in [3.8, 4) is 11.1 Å². The molecule has 6 rings (SSSR count). The van der Waals surface area contributed by atoms with Crippen molar-refractivity contribution in [1.29, 1.82) is 0 Å². The van der Waals surface area contributed by atoms with Gasteiger partial charge in [-0.15, -0.1) is 0 Å². The van der Waals surface area contributed by atoms with Gasteiger partial charge in [0, 0.05) is 21.9 Å². The van der Waals surface area contributed by atoms with Gasteiger partial charge < -0.3 is 0 Å². The molecule has 3 nitrogen and oxygen atoms in total. The second-order valence-corrected chi connectivity index (χ2v) is 8.44. The van der Waals surface area contributed by atoms with Crippen LogP contribution < -0.4 is 11.0 Å². The molecule has 0 amide bonds. The summed E-state index contributed by atoms with van der Waals surface area (Å²) in [5.74, 6) is 0. The zero-order valence-electron chi connectivity index (χ0n) is 18.6. The number of fused-ring (bicyclic) bond motifs is 2. The Morgan fingerprint density at radius 3 is 2.21 bits per heavy atom. The number of hydrogen-bond donors (Lipinski definition) is 0. The van der Waals surface area contributed by atoms with Crippen LogP contribution in [0.5, 0.6) is 0 Å². The summed E-state index contributed by atoms with van der Waals surface area (Å²) in [5.41, 5.74) is 5.58. The summed E-state index contributed by atoms with van der Waals surface area (Å²) in [4.78, 5) is 18.8. The Morgan fingerprint density at radius 1 is 0.735 bits per heavy atom. The highest BCUT2D eigenvalue weighted by molar-refractivity contribution is 6.14. The van der Waals surface area contributed by atoms with E-state index in [4.69, 9.17) is 4.99 Å². The number of pyridine rings is 1. The van der Waals surface area contributed by atoms with Crippen molar-refractivity contribution < 1.29 is 0 Å². The van der Waals surface area contributed by atoms with Gasteiger partial charge in [0.15, 0.2) is 0 Å². The Morgan fingerprint density at radius 2 is 1.44 bits per heavy atom. The largest absolute Gasteiger partial charge is 0.268 e. The third-order valence-corrected chi connectivity index (χ3v) is 6.43. The molecule has 3 heteroatoms. The third-order valence-electron chi connectivity index (χ3n) is 6.43. The predicted molar refractivity (Wildman–Crippen MR) is 142 cm³/mol. The number of nitrogens with zero attached hydrogens (tertiary/aromatic N) is 2. The van der Waals surface area contributed by atoms with Crippen LogP contribution in [0.3, 0.4) is 0 Å². The minimum atomic E-state index is -0.0973. The smallest absolute Gasteiger partial charge is 0.264 e. The maximum absolute atomic E-state index is 13.8. The van der Waals surface area contributed by atoms with E-state index in [1.165, 1.54) is 0 Å². The van der Waals surface area contributed by atoms with Gasteiger partial charge in [0.1, 0.15) is 5.49 Å². The molecule has 4 aromatic carbocycles. The van der Waals surface area contributed by atoms with E-state index in [1.54, 1.807) is 4.57 Å². The van der Waals surface area contributed by atoms with E-state index in [2.05, 4.69) is 49.1 Å². The van der Waals surface area contributed by atoms with Crippen LogP contribution in [-0.2, 0) is 0 Å². The van der Waals surface area contributed by atoms with Crippen LogP contribution in [0.4, 0.5) is 0 Å². The van der Waals surface area contributed by atoms with Crippen molar-refractivity contribution >= 4 is 32.8 Å². The minimum Gasteiger partial charge on any atom is -0.268 e. The van der Waals surface area contributed by atoms with E-state index >= 15 is 0 Å². The molecule has 34 heavy (non-hydrogen) atoms. The summed E-state index contributed by atoms with van der Waals surface area (Å²) in [6.07, 6.45) is 5.88. The number of aromatic nitrogens is 1. The fourth-order valence-corrected chi connectivity index (χ4v) is 4.80. The first-order chi connectivity index (χ1) is 16.7. The van der Waals surface area contributed by atoms with Gasteiger partial charge in [-0.25, -0.2) is 0 Å². The van der Waals surface area contributed by atoms with Crippen molar-refractivity contribution in [3.63, 3.8) is 0 Å². The number of hydrogen-bond acceptors (Lipinski definition) is 2. The highest BCUT2D eigenvalue weighted by atomic mass is 16.1. The standard InChI is InChI=1S/C31H22N2O/c1-21-10-8-15-24(22-11-4-2-5-12-22)20-32-30-27-17-9-16-26-25(23-13-6-3-7-14-23)18-19-28(29(26)27)31(34)33(21)30/h2-19H,1,20H2/b10-8-,24-15+,32-30-. The van der Waals surface area contributed by atoms with Crippen LogP contribution in [0.25, 0.3) is 43.9 Å². The molecule has 1 aliphatic rings. The zero-order valence-corrected chi connectivity index (χ0v) is 18.6.